The molecule has 3 N–H and O–H groups in total. The standard InChI is InChI=1S/C14H14N4O2/c1-7(2)8-3-5-9(6-4-8)11-15-10-12(16-11)17-14(20)18-13(10)19/h3-7H,1-2H3,(H3,15,16,17,18,19,20). The molecule has 3 aromatic rings. The minimum atomic E-state index is -0.560. The predicted octanol–water partition coefficient (Wildman–Crippen LogP) is 1.73. The Hall–Kier alpha value is -2.63. The van der Waals surface area contributed by atoms with Gasteiger partial charge in [-0.3, -0.25) is 14.8 Å². The lowest BCUT2D eigenvalue weighted by Gasteiger charge is -2.05. The van der Waals surface area contributed by atoms with Gasteiger partial charge in [-0.15, -0.1) is 0 Å². The molecule has 0 bridgehead atoms. The summed E-state index contributed by atoms with van der Waals surface area (Å²) in [5.41, 5.74) is 1.60. The molecule has 1 aromatic carbocycles. The van der Waals surface area contributed by atoms with Crippen LogP contribution in [0.25, 0.3) is 22.6 Å². The Bertz CT molecular complexity index is 869. The molecule has 3 rings (SSSR count). The van der Waals surface area contributed by atoms with Crippen molar-refractivity contribution in [2.45, 2.75) is 19.8 Å². The normalized spacial score (nSPS) is 11.3. The van der Waals surface area contributed by atoms with E-state index in [0.717, 1.165) is 5.56 Å². The Kier molecular flexibility index (Phi) is 2.78. The summed E-state index contributed by atoms with van der Waals surface area (Å²) in [5.74, 6) is 1.02. The molecule has 0 fully saturated rings. The molecule has 0 unspecified atom stereocenters. The molecule has 0 radical (unpaired) electrons. The average molecular weight is 270 g/mol. The Morgan fingerprint density at radius 1 is 1.00 bits per heavy atom. The summed E-state index contributed by atoms with van der Waals surface area (Å²) in [6.45, 7) is 4.25. The number of rotatable bonds is 2. The first-order valence-corrected chi connectivity index (χ1v) is 6.37. The second-order valence-corrected chi connectivity index (χ2v) is 4.99. The maximum atomic E-state index is 11.6. The minimum Gasteiger partial charge on any atom is -0.332 e. The summed E-state index contributed by atoms with van der Waals surface area (Å²) in [7, 11) is 0. The number of benzene rings is 1. The number of H-pyrrole nitrogens is 3. The van der Waals surface area contributed by atoms with Crippen molar-refractivity contribution in [1.29, 1.82) is 0 Å². The number of imidazole rings is 1. The third-order valence-corrected chi connectivity index (χ3v) is 3.24. The van der Waals surface area contributed by atoms with Crippen molar-refractivity contribution in [3.05, 3.63) is 50.7 Å². The fourth-order valence-corrected chi connectivity index (χ4v) is 2.10. The molecule has 0 aliphatic rings. The maximum absolute atomic E-state index is 11.6. The summed E-state index contributed by atoms with van der Waals surface area (Å²) < 4.78 is 0. The lowest BCUT2D eigenvalue weighted by molar-refractivity contribution is 0.867. The van der Waals surface area contributed by atoms with Gasteiger partial charge in [0.25, 0.3) is 5.56 Å². The van der Waals surface area contributed by atoms with E-state index < -0.39 is 11.2 Å². The van der Waals surface area contributed by atoms with Gasteiger partial charge in [0.05, 0.1) is 0 Å². The van der Waals surface area contributed by atoms with Gasteiger partial charge in [-0.25, -0.2) is 9.78 Å². The number of hydrogen-bond donors (Lipinski definition) is 3. The second kappa shape index (κ2) is 4.48. The highest BCUT2D eigenvalue weighted by molar-refractivity contribution is 5.74. The van der Waals surface area contributed by atoms with E-state index in [1.54, 1.807) is 0 Å². The molecule has 6 heteroatoms. The molecule has 0 spiro atoms. The number of hydrogen-bond acceptors (Lipinski definition) is 3. The van der Waals surface area contributed by atoms with Gasteiger partial charge in [0.1, 0.15) is 11.3 Å². The molecule has 102 valence electrons. The predicted molar refractivity (Wildman–Crippen MR) is 76.9 cm³/mol. The zero-order chi connectivity index (χ0) is 14.3. The van der Waals surface area contributed by atoms with E-state index in [0.29, 0.717) is 11.7 Å². The van der Waals surface area contributed by atoms with E-state index in [9.17, 15) is 9.59 Å². The van der Waals surface area contributed by atoms with Crippen LogP contribution in [0.2, 0.25) is 0 Å². The highest BCUT2D eigenvalue weighted by Crippen LogP contribution is 2.21. The van der Waals surface area contributed by atoms with E-state index in [2.05, 4.69) is 33.8 Å². The van der Waals surface area contributed by atoms with Gasteiger partial charge in [-0.2, -0.15) is 0 Å². The Morgan fingerprint density at radius 3 is 2.35 bits per heavy atom. The molecule has 2 aromatic heterocycles. The van der Waals surface area contributed by atoms with Gasteiger partial charge in [-0.1, -0.05) is 38.1 Å². The molecule has 0 atom stereocenters. The van der Waals surface area contributed by atoms with Crippen LogP contribution in [0.3, 0.4) is 0 Å². The van der Waals surface area contributed by atoms with Gasteiger partial charge in [0.2, 0.25) is 0 Å². The summed E-state index contributed by atoms with van der Waals surface area (Å²) in [6, 6.07) is 7.94. The van der Waals surface area contributed by atoms with Crippen molar-refractivity contribution in [2.75, 3.05) is 0 Å². The highest BCUT2D eigenvalue weighted by Gasteiger charge is 2.09. The SMILES string of the molecule is CC(C)c1ccc(-c2nc3[nH]c(=O)[nH]c(=O)c3[nH]2)cc1. The van der Waals surface area contributed by atoms with Crippen LogP contribution < -0.4 is 11.2 Å². The van der Waals surface area contributed by atoms with Gasteiger partial charge < -0.3 is 4.98 Å². The Balaban J connectivity index is 2.12. The zero-order valence-electron chi connectivity index (χ0n) is 11.2. The van der Waals surface area contributed by atoms with E-state index >= 15 is 0 Å². The van der Waals surface area contributed by atoms with Gasteiger partial charge in [0.15, 0.2) is 5.65 Å². The Morgan fingerprint density at radius 2 is 1.70 bits per heavy atom. The molecule has 0 saturated heterocycles. The van der Waals surface area contributed by atoms with Gasteiger partial charge in [-0.05, 0) is 11.5 Å². The first-order chi connectivity index (χ1) is 9.54. The van der Waals surface area contributed by atoms with Crippen LogP contribution in [0.1, 0.15) is 25.3 Å². The van der Waals surface area contributed by atoms with Crippen LogP contribution in [0.15, 0.2) is 33.9 Å². The van der Waals surface area contributed by atoms with Crippen molar-refractivity contribution in [1.82, 2.24) is 19.9 Å². The smallest absolute Gasteiger partial charge is 0.327 e. The van der Waals surface area contributed by atoms with Crippen LogP contribution in [0, 0.1) is 0 Å². The molecule has 0 aliphatic heterocycles. The molecule has 20 heavy (non-hydrogen) atoms. The van der Waals surface area contributed by atoms with Crippen LogP contribution in [0.4, 0.5) is 0 Å². The van der Waals surface area contributed by atoms with E-state index in [4.69, 9.17) is 0 Å². The fourth-order valence-electron chi connectivity index (χ4n) is 2.10. The third-order valence-electron chi connectivity index (χ3n) is 3.24. The van der Waals surface area contributed by atoms with Crippen LogP contribution in [-0.2, 0) is 0 Å². The quantitative estimate of drug-likeness (QED) is 0.661. The molecule has 0 saturated carbocycles. The second-order valence-electron chi connectivity index (χ2n) is 4.99. The first-order valence-electron chi connectivity index (χ1n) is 6.37. The summed E-state index contributed by atoms with van der Waals surface area (Å²) in [4.78, 5) is 34.7. The van der Waals surface area contributed by atoms with Crippen LogP contribution in [0.5, 0.6) is 0 Å². The molecule has 2 heterocycles. The summed E-state index contributed by atoms with van der Waals surface area (Å²) >= 11 is 0. The Labute approximate surface area is 113 Å². The van der Waals surface area contributed by atoms with Gasteiger partial charge >= 0.3 is 5.69 Å². The molecular formula is C14H14N4O2. The van der Waals surface area contributed by atoms with Crippen LogP contribution >= 0.6 is 0 Å². The molecule has 0 amide bonds. The maximum Gasteiger partial charge on any atom is 0.327 e. The molecule has 6 nitrogen and oxygen atoms in total. The van der Waals surface area contributed by atoms with Crippen molar-refractivity contribution in [3.63, 3.8) is 0 Å². The van der Waals surface area contributed by atoms with E-state index in [1.807, 2.05) is 24.3 Å². The number of nitrogens with one attached hydrogen (secondary N) is 3. The van der Waals surface area contributed by atoms with E-state index in [1.165, 1.54) is 5.56 Å². The number of aromatic amines is 3. The lowest BCUT2D eigenvalue weighted by atomic mass is 10.0. The average Bonchev–Trinajstić information content (AvgIpc) is 2.83. The minimum absolute atomic E-state index is 0.265. The lowest BCUT2D eigenvalue weighted by Crippen LogP contribution is -2.21. The number of aromatic nitrogens is 4. The van der Waals surface area contributed by atoms with Gasteiger partial charge in [0, 0.05) is 5.56 Å². The fraction of sp³-hybridized carbons (Fsp3) is 0.214. The van der Waals surface area contributed by atoms with Crippen molar-refractivity contribution in [2.24, 2.45) is 0 Å². The zero-order valence-corrected chi connectivity index (χ0v) is 11.2. The van der Waals surface area contributed by atoms with Crippen molar-refractivity contribution in [3.8, 4) is 11.4 Å². The molecular weight excluding hydrogens is 256 g/mol. The van der Waals surface area contributed by atoms with Crippen molar-refractivity contribution >= 4 is 11.2 Å². The summed E-state index contributed by atoms with van der Waals surface area (Å²) in [6.07, 6.45) is 0. The molecule has 0 aliphatic carbocycles. The topological polar surface area (TPSA) is 94.4 Å². The highest BCUT2D eigenvalue weighted by atomic mass is 16.2. The first kappa shape index (κ1) is 12.4. The number of fused-ring (bicyclic) bond motifs is 1. The largest absolute Gasteiger partial charge is 0.332 e. The van der Waals surface area contributed by atoms with Crippen molar-refractivity contribution < 1.29 is 0 Å². The monoisotopic (exact) mass is 270 g/mol. The summed E-state index contributed by atoms with van der Waals surface area (Å²) in [5, 5.41) is 0. The van der Waals surface area contributed by atoms with E-state index in [-0.39, 0.29) is 11.2 Å². The number of nitrogens with zero attached hydrogens (tertiary/aromatic N) is 1. The third kappa shape index (κ3) is 2.05. The van der Waals surface area contributed by atoms with Crippen LogP contribution in [-0.4, -0.2) is 19.9 Å².